The molecule has 0 spiro atoms. The van der Waals surface area contributed by atoms with Gasteiger partial charge in [-0.2, -0.15) is 0 Å². The Labute approximate surface area is 139 Å². The molecule has 0 saturated carbocycles. The molecule has 1 aromatic carbocycles. The Kier molecular flexibility index (Phi) is 6.86. The summed E-state index contributed by atoms with van der Waals surface area (Å²) in [7, 11) is 0. The molecule has 5 nitrogen and oxygen atoms in total. The summed E-state index contributed by atoms with van der Waals surface area (Å²) in [6.45, 7) is 7.92. The quantitative estimate of drug-likeness (QED) is 0.875. The fourth-order valence-electron chi connectivity index (χ4n) is 3.22. The van der Waals surface area contributed by atoms with Gasteiger partial charge in [-0.25, -0.2) is 4.79 Å². The molecule has 128 valence electrons. The molecule has 1 atom stereocenters. The number of piperidine rings is 1. The first-order valence-electron chi connectivity index (χ1n) is 8.53. The summed E-state index contributed by atoms with van der Waals surface area (Å²) in [5.41, 5.74) is 6.68. The number of benzene rings is 1. The minimum absolute atomic E-state index is 0.126. The molecule has 1 aliphatic rings. The van der Waals surface area contributed by atoms with Gasteiger partial charge in [0.05, 0.1) is 0 Å². The van der Waals surface area contributed by atoms with Crippen LogP contribution in [-0.4, -0.2) is 54.2 Å². The molecule has 1 heterocycles. The first-order valence-corrected chi connectivity index (χ1v) is 8.53. The van der Waals surface area contributed by atoms with Gasteiger partial charge in [0, 0.05) is 31.7 Å². The van der Waals surface area contributed by atoms with Crippen LogP contribution in [0.3, 0.4) is 0 Å². The second kappa shape index (κ2) is 8.89. The summed E-state index contributed by atoms with van der Waals surface area (Å²) in [6.07, 6.45) is 1.91. The van der Waals surface area contributed by atoms with Gasteiger partial charge in [-0.15, -0.1) is 0 Å². The monoisotopic (exact) mass is 319 g/mol. The molecule has 5 heteroatoms. The fraction of sp³-hybridized carbons (Fsp3) is 0.611. The maximum Gasteiger partial charge on any atom is 0.410 e. The van der Waals surface area contributed by atoms with Crippen LogP contribution in [0.15, 0.2) is 30.3 Å². The van der Waals surface area contributed by atoms with Gasteiger partial charge in [0.1, 0.15) is 6.61 Å². The summed E-state index contributed by atoms with van der Waals surface area (Å²) < 4.78 is 5.54. The Hall–Kier alpha value is -1.59. The second-order valence-corrected chi connectivity index (χ2v) is 6.43. The van der Waals surface area contributed by atoms with Crippen molar-refractivity contribution in [2.45, 2.75) is 45.4 Å². The molecule has 2 N–H and O–H groups in total. The number of carbonyl (C=O) groups excluding carboxylic acids is 1. The van der Waals surface area contributed by atoms with Gasteiger partial charge >= 0.3 is 6.09 Å². The first-order chi connectivity index (χ1) is 11.1. The molecular formula is C18H29N3O2. The maximum absolute atomic E-state index is 12.6. The summed E-state index contributed by atoms with van der Waals surface area (Å²) >= 11 is 0. The fourth-order valence-corrected chi connectivity index (χ4v) is 3.22. The SMILES string of the molecule is CC(C)N(C(=O)OCc1ccccc1)C1CCCN(CCN)C1. The molecule has 23 heavy (non-hydrogen) atoms. The highest BCUT2D eigenvalue weighted by Crippen LogP contribution is 2.19. The van der Waals surface area contributed by atoms with Gasteiger partial charge in [-0.3, -0.25) is 0 Å². The van der Waals surface area contributed by atoms with Crippen LogP contribution in [-0.2, 0) is 11.3 Å². The average Bonchev–Trinajstić information content (AvgIpc) is 2.54. The Morgan fingerprint density at radius 3 is 2.78 bits per heavy atom. The number of ether oxygens (including phenoxy) is 1. The van der Waals surface area contributed by atoms with Gasteiger partial charge in [0.15, 0.2) is 0 Å². The third-order valence-electron chi connectivity index (χ3n) is 4.29. The first kappa shape index (κ1) is 17.8. The van der Waals surface area contributed by atoms with Gasteiger partial charge in [0.2, 0.25) is 0 Å². The van der Waals surface area contributed by atoms with Crippen LogP contribution in [0.2, 0.25) is 0 Å². The van der Waals surface area contributed by atoms with Crippen molar-refractivity contribution in [1.82, 2.24) is 9.80 Å². The predicted molar refractivity (Wildman–Crippen MR) is 92.1 cm³/mol. The van der Waals surface area contributed by atoms with E-state index in [9.17, 15) is 4.79 Å². The van der Waals surface area contributed by atoms with E-state index in [0.717, 1.165) is 38.0 Å². The summed E-state index contributed by atoms with van der Waals surface area (Å²) in [4.78, 5) is 16.8. The van der Waals surface area contributed by atoms with Gasteiger partial charge in [-0.05, 0) is 38.8 Å². The lowest BCUT2D eigenvalue weighted by Crippen LogP contribution is -2.53. The van der Waals surface area contributed by atoms with Crippen molar-refractivity contribution in [3.05, 3.63) is 35.9 Å². The lowest BCUT2D eigenvalue weighted by molar-refractivity contribution is 0.0432. The van der Waals surface area contributed by atoms with Crippen molar-refractivity contribution in [3.63, 3.8) is 0 Å². The number of amides is 1. The highest BCUT2D eigenvalue weighted by atomic mass is 16.6. The minimum Gasteiger partial charge on any atom is -0.445 e. The Bertz CT molecular complexity index is 476. The Morgan fingerprint density at radius 1 is 1.39 bits per heavy atom. The number of nitrogens with zero attached hydrogens (tertiary/aromatic N) is 2. The van der Waals surface area contributed by atoms with E-state index in [4.69, 9.17) is 10.5 Å². The molecule has 1 amide bonds. The number of hydrogen-bond donors (Lipinski definition) is 1. The molecule has 1 aliphatic heterocycles. The molecule has 0 bridgehead atoms. The summed E-state index contributed by atoms with van der Waals surface area (Å²) in [5.74, 6) is 0. The molecule has 1 fully saturated rings. The zero-order chi connectivity index (χ0) is 16.7. The van der Waals surface area contributed by atoms with E-state index in [0.29, 0.717) is 13.2 Å². The minimum atomic E-state index is -0.219. The zero-order valence-electron chi connectivity index (χ0n) is 14.3. The van der Waals surface area contributed by atoms with Crippen LogP contribution in [0.25, 0.3) is 0 Å². The smallest absolute Gasteiger partial charge is 0.410 e. The average molecular weight is 319 g/mol. The van der Waals surface area contributed by atoms with E-state index >= 15 is 0 Å². The van der Waals surface area contributed by atoms with Crippen LogP contribution in [0.4, 0.5) is 4.79 Å². The maximum atomic E-state index is 12.6. The number of carbonyl (C=O) groups is 1. The van der Waals surface area contributed by atoms with Crippen molar-refractivity contribution < 1.29 is 9.53 Å². The second-order valence-electron chi connectivity index (χ2n) is 6.43. The standard InChI is InChI=1S/C18H29N3O2/c1-15(2)21(17-9-6-11-20(13-17)12-10-19)18(22)23-14-16-7-4-3-5-8-16/h3-5,7-8,15,17H,6,9-14,19H2,1-2H3. The highest BCUT2D eigenvalue weighted by Gasteiger charge is 2.31. The molecule has 0 aliphatic carbocycles. The number of nitrogens with two attached hydrogens (primary N) is 1. The number of likely N-dealkylation sites (tertiary alicyclic amines) is 1. The molecular weight excluding hydrogens is 290 g/mol. The summed E-state index contributed by atoms with van der Waals surface area (Å²) in [6, 6.07) is 10.1. The number of rotatable bonds is 6. The third-order valence-corrected chi connectivity index (χ3v) is 4.29. The van der Waals surface area contributed by atoms with Gasteiger partial charge < -0.3 is 20.3 Å². The third kappa shape index (κ3) is 5.22. The molecule has 0 radical (unpaired) electrons. The van der Waals surface area contributed by atoms with E-state index in [-0.39, 0.29) is 18.2 Å². The topological polar surface area (TPSA) is 58.8 Å². The molecule has 1 saturated heterocycles. The highest BCUT2D eigenvalue weighted by molar-refractivity contribution is 5.68. The van der Waals surface area contributed by atoms with E-state index in [1.54, 1.807) is 0 Å². The van der Waals surface area contributed by atoms with Crippen molar-refractivity contribution in [1.29, 1.82) is 0 Å². The van der Waals surface area contributed by atoms with Crippen molar-refractivity contribution in [2.24, 2.45) is 5.73 Å². The molecule has 2 rings (SSSR count). The lowest BCUT2D eigenvalue weighted by Gasteiger charge is -2.40. The van der Waals surface area contributed by atoms with E-state index in [1.165, 1.54) is 0 Å². The largest absolute Gasteiger partial charge is 0.445 e. The predicted octanol–water partition coefficient (Wildman–Crippen LogP) is 2.46. The van der Waals surface area contributed by atoms with E-state index in [2.05, 4.69) is 4.90 Å². The Balaban J connectivity index is 1.95. The van der Waals surface area contributed by atoms with Crippen molar-refractivity contribution >= 4 is 6.09 Å². The number of hydrogen-bond acceptors (Lipinski definition) is 4. The van der Waals surface area contributed by atoms with E-state index < -0.39 is 0 Å². The molecule has 0 aromatic heterocycles. The van der Waals surface area contributed by atoms with Gasteiger partial charge in [0.25, 0.3) is 0 Å². The van der Waals surface area contributed by atoms with Crippen LogP contribution < -0.4 is 5.73 Å². The molecule has 1 unspecified atom stereocenters. The molecule has 1 aromatic rings. The van der Waals surface area contributed by atoms with Crippen LogP contribution in [0, 0.1) is 0 Å². The van der Waals surface area contributed by atoms with Gasteiger partial charge in [-0.1, -0.05) is 30.3 Å². The Morgan fingerprint density at radius 2 is 2.13 bits per heavy atom. The van der Waals surface area contributed by atoms with Crippen LogP contribution in [0.5, 0.6) is 0 Å². The summed E-state index contributed by atoms with van der Waals surface area (Å²) in [5, 5.41) is 0. The van der Waals surface area contributed by atoms with Crippen molar-refractivity contribution in [2.75, 3.05) is 26.2 Å². The zero-order valence-corrected chi connectivity index (χ0v) is 14.3. The van der Waals surface area contributed by atoms with Crippen molar-refractivity contribution in [3.8, 4) is 0 Å². The lowest BCUT2D eigenvalue weighted by atomic mass is 10.0. The van der Waals surface area contributed by atoms with Crippen LogP contribution in [0.1, 0.15) is 32.3 Å². The van der Waals surface area contributed by atoms with E-state index in [1.807, 2.05) is 49.1 Å². The van der Waals surface area contributed by atoms with Crippen LogP contribution >= 0.6 is 0 Å². The normalized spacial score (nSPS) is 18.9.